The molecule has 0 bridgehead atoms. The number of benzene rings is 1. The van der Waals surface area contributed by atoms with Gasteiger partial charge in [-0.3, -0.25) is 9.52 Å². The van der Waals surface area contributed by atoms with Crippen LogP contribution in [-0.2, 0) is 10.0 Å². The second-order valence-electron chi connectivity index (χ2n) is 4.45. The summed E-state index contributed by atoms with van der Waals surface area (Å²) in [6.45, 7) is 3.08. The third kappa shape index (κ3) is 3.59. The van der Waals surface area contributed by atoms with E-state index in [4.69, 9.17) is 11.6 Å². The first-order valence-electron chi connectivity index (χ1n) is 6.06. The largest absolute Gasteiger partial charge is 0.295 e. The standard InChI is InChI=1S/C14H13ClN2O3S/c1-9-13(7-8-14(15)16-9)17-21(19,20)12-5-3-11(4-6-12)10(2)18/h3-8,17H,1-2H3. The molecule has 7 heteroatoms. The van der Waals surface area contributed by atoms with E-state index in [2.05, 4.69) is 9.71 Å². The molecule has 2 aromatic rings. The first kappa shape index (κ1) is 15.5. The number of carbonyl (C=O) groups excluding carboxylic acids is 1. The number of aryl methyl sites for hydroxylation is 1. The Morgan fingerprint density at radius 3 is 2.29 bits per heavy atom. The van der Waals surface area contributed by atoms with Crippen molar-refractivity contribution in [2.75, 3.05) is 4.72 Å². The number of hydrogen-bond acceptors (Lipinski definition) is 4. The van der Waals surface area contributed by atoms with Gasteiger partial charge in [-0.1, -0.05) is 23.7 Å². The maximum Gasteiger partial charge on any atom is 0.261 e. The highest BCUT2D eigenvalue weighted by Gasteiger charge is 2.16. The van der Waals surface area contributed by atoms with Gasteiger partial charge in [-0.25, -0.2) is 13.4 Å². The van der Waals surface area contributed by atoms with Crippen molar-refractivity contribution in [1.29, 1.82) is 0 Å². The van der Waals surface area contributed by atoms with Gasteiger partial charge >= 0.3 is 0 Å². The quantitative estimate of drug-likeness (QED) is 0.692. The normalized spacial score (nSPS) is 11.2. The average Bonchev–Trinajstić information content (AvgIpc) is 2.42. The molecule has 0 fully saturated rings. The summed E-state index contributed by atoms with van der Waals surface area (Å²) in [5.41, 5.74) is 1.29. The van der Waals surface area contributed by atoms with E-state index in [-0.39, 0.29) is 10.7 Å². The van der Waals surface area contributed by atoms with Crippen LogP contribution in [0.15, 0.2) is 41.3 Å². The molecule has 0 aliphatic carbocycles. The van der Waals surface area contributed by atoms with Gasteiger partial charge in [0.05, 0.1) is 16.3 Å². The molecular weight excluding hydrogens is 312 g/mol. The zero-order valence-electron chi connectivity index (χ0n) is 11.4. The molecular formula is C14H13ClN2O3S. The second-order valence-corrected chi connectivity index (χ2v) is 6.52. The Morgan fingerprint density at radius 1 is 1.14 bits per heavy atom. The molecule has 0 unspecified atom stereocenters. The van der Waals surface area contributed by atoms with E-state index in [9.17, 15) is 13.2 Å². The Balaban J connectivity index is 2.31. The van der Waals surface area contributed by atoms with E-state index in [1.54, 1.807) is 13.0 Å². The number of nitrogens with one attached hydrogen (secondary N) is 1. The Hall–Kier alpha value is -1.92. The molecule has 0 atom stereocenters. The number of anilines is 1. The molecule has 0 saturated heterocycles. The molecule has 0 radical (unpaired) electrons. The van der Waals surface area contributed by atoms with Gasteiger partial charge in [0.2, 0.25) is 0 Å². The molecule has 1 heterocycles. The molecule has 0 saturated carbocycles. The highest BCUT2D eigenvalue weighted by Crippen LogP contribution is 2.20. The molecule has 21 heavy (non-hydrogen) atoms. The van der Waals surface area contributed by atoms with E-state index in [0.29, 0.717) is 22.1 Å². The molecule has 1 aromatic carbocycles. The Kier molecular flexibility index (Phi) is 4.29. The Labute approximate surface area is 128 Å². The first-order valence-corrected chi connectivity index (χ1v) is 7.93. The number of hydrogen-bond donors (Lipinski definition) is 1. The number of ketones is 1. The summed E-state index contributed by atoms with van der Waals surface area (Å²) in [5, 5.41) is 0.293. The number of aromatic nitrogens is 1. The highest BCUT2D eigenvalue weighted by molar-refractivity contribution is 7.92. The van der Waals surface area contributed by atoms with Gasteiger partial charge in [0, 0.05) is 5.56 Å². The summed E-state index contributed by atoms with van der Waals surface area (Å²) >= 11 is 5.73. The Morgan fingerprint density at radius 2 is 1.76 bits per heavy atom. The van der Waals surface area contributed by atoms with E-state index >= 15 is 0 Å². The number of rotatable bonds is 4. The minimum atomic E-state index is -3.74. The number of pyridine rings is 1. The van der Waals surface area contributed by atoms with E-state index < -0.39 is 10.0 Å². The maximum absolute atomic E-state index is 12.3. The SMILES string of the molecule is CC(=O)c1ccc(S(=O)(=O)Nc2ccc(Cl)nc2C)cc1. The maximum atomic E-state index is 12.3. The van der Waals surface area contributed by atoms with Crippen LogP contribution >= 0.6 is 11.6 Å². The zero-order chi connectivity index (χ0) is 15.6. The van der Waals surface area contributed by atoms with Crippen molar-refractivity contribution >= 4 is 33.1 Å². The van der Waals surface area contributed by atoms with Crippen LogP contribution in [-0.4, -0.2) is 19.2 Å². The molecule has 5 nitrogen and oxygen atoms in total. The van der Waals surface area contributed by atoms with Gasteiger partial charge in [0.15, 0.2) is 5.78 Å². The van der Waals surface area contributed by atoms with E-state index in [1.165, 1.54) is 37.3 Å². The van der Waals surface area contributed by atoms with Crippen LogP contribution in [0.1, 0.15) is 23.0 Å². The third-order valence-electron chi connectivity index (χ3n) is 2.87. The van der Waals surface area contributed by atoms with Gasteiger partial charge in [0.1, 0.15) is 5.15 Å². The van der Waals surface area contributed by atoms with Crippen molar-refractivity contribution in [3.63, 3.8) is 0 Å². The van der Waals surface area contributed by atoms with Crippen molar-refractivity contribution < 1.29 is 13.2 Å². The number of carbonyl (C=O) groups is 1. The molecule has 0 amide bonds. The van der Waals surface area contributed by atoms with Crippen molar-refractivity contribution in [3.8, 4) is 0 Å². The predicted molar refractivity (Wildman–Crippen MR) is 81.2 cm³/mol. The molecule has 0 aliphatic rings. The number of Topliss-reactive ketones (excluding diaryl/α,β-unsaturated/α-hetero) is 1. The molecule has 1 N–H and O–H groups in total. The topological polar surface area (TPSA) is 76.1 Å². The lowest BCUT2D eigenvalue weighted by Gasteiger charge is -2.10. The van der Waals surface area contributed by atoms with Gasteiger partial charge in [-0.05, 0) is 38.1 Å². The van der Waals surface area contributed by atoms with Crippen LogP contribution in [0.25, 0.3) is 0 Å². The van der Waals surface area contributed by atoms with Gasteiger partial charge < -0.3 is 0 Å². The monoisotopic (exact) mass is 324 g/mol. The average molecular weight is 325 g/mol. The molecule has 0 aliphatic heterocycles. The third-order valence-corrected chi connectivity index (χ3v) is 4.46. The predicted octanol–water partition coefficient (Wildman–Crippen LogP) is 3.05. The van der Waals surface area contributed by atoms with Crippen LogP contribution in [0.5, 0.6) is 0 Å². The summed E-state index contributed by atoms with van der Waals surface area (Å²) in [6.07, 6.45) is 0. The summed E-state index contributed by atoms with van der Waals surface area (Å²) < 4.78 is 27.0. The molecule has 110 valence electrons. The van der Waals surface area contributed by atoms with Crippen molar-refractivity contribution in [3.05, 3.63) is 52.8 Å². The first-order chi connectivity index (χ1) is 9.79. The van der Waals surface area contributed by atoms with Crippen molar-refractivity contribution in [2.24, 2.45) is 0 Å². The lowest BCUT2D eigenvalue weighted by molar-refractivity contribution is 0.101. The molecule has 2 rings (SSSR count). The fourth-order valence-electron chi connectivity index (χ4n) is 1.71. The fourth-order valence-corrected chi connectivity index (χ4v) is 3.02. The minimum absolute atomic E-state index is 0.0712. The number of sulfonamides is 1. The lowest BCUT2D eigenvalue weighted by atomic mass is 10.2. The highest BCUT2D eigenvalue weighted by atomic mass is 35.5. The van der Waals surface area contributed by atoms with Gasteiger partial charge in [-0.15, -0.1) is 0 Å². The fraction of sp³-hybridized carbons (Fsp3) is 0.143. The van der Waals surface area contributed by atoms with Crippen LogP contribution in [0.4, 0.5) is 5.69 Å². The number of halogens is 1. The minimum Gasteiger partial charge on any atom is -0.295 e. The second kappa shape index (κ2) is 5.83. The lowest BCUT2D eigenvalue weighted by Crippen LogP contribution is -2.14. The zero-order valence-corrected chi connectivity index (χ0v) is 13.0. The summed E-state index contributed by atoms with van der Waals surface area (Å²) in [7, 11) is -3.74. The summed E-state index contributed by atoms with van der Waals surface area (Å²) in [5.74, 6) is -0.121. The summed E-state index contributed by atoms with van der Waals surface area (Å²) in [6, 6.07) is 8.78. The van der Waals surface area contributed by atoms with Crippen LogP contribution < -0.4 is 4.72 Å². The summed E-state index contributed by atoms with van der Waals surface area (Å²) in [4.78, 5) is 15.2. The van der Waals surface area contributed by atoms with E-state index in [0.717, 1.165) is 0 Å². The van der Waals surface area contributed by atoms with Crippen LogP contribution in [0, 0.1) is 6.92 Å². The molecule has 1 aromatic heterocycles. The smallest absolute Gasteiger partial charge is 0.261 e. The van der Waals surface area contributed by atoms with Gasteiger partial charge in [-0.2, -0.15) is 0 Å². The number of nitrogens with zero attached hydrogens (tertiary/aromatic N) is 1. The van der Waals surface area contributed by atoms with Crippen molar-refractivity contribution in [1.82, 2.24) is 4.98 Å². The van der Waals surface area contributed by atoms with Crippen molar-refractivity contribution in [2.45, 2.75) is 18.7 Å². The van der Waals surface area contributed by atoms with Crippen LogP contribution in [0.2, 0.25) is 5.15 Å². The molecule has 0 spiro atoms. The Bertz CT molecular complexity index is 786. The van der Waals surface area contributed by atoms with E-state index in [1.807, 2.05) is 0 Å². The van der Waals surface area contributed by atoms with Crippen LogP contribution in [0.3, 0.4) is 0 Å². The van der Waals surface area contributed by atoms with Gasteiger partial charge in [0.25, 0.3) is 10.0 Å².